The highest BCUT2D eigenvalue weighted by molar-refractivity contribution is 9.09. The zero-order valence-electron chi connectivity index (χ0n) is 7.94. The molecular formula is C9H6BrN3O3. The van der Waals surface area contributed by atoms with Crippen molar-refractivity contribution in [2.75, 3.05) is 11.1 Å². The summed E-state index contributed by atoms with van der Waals surface area (Å²) in [6, 6.07) is 4.09. The van der Waals surface area contributed by atoms with Crippen molar-refractivity contribution in [3.8, 4) is 6.07 Å². The highest BCUT2D eigenvalue weighted by Gasteiger charge is 2.24. The third-order valence-electron chi connectivity index (χ3n) is 1.94. The molecule has 2 N–H and O–H groups in total. The molecule has 6 nitrogen and oxygen atoms in total. The summed E-state index contributed by atoms with van der Waals surface area (Å²) in [6.07, 6.45) is 0. The Morgan fingerprint density at radius 3 is 2.69 bits per heavy atom. The van der Waals surface area contributed by atoms with Gasteiger partial charge in [-0.15, -0.1) is 0 Å². The van der Waals surface area contributed by atoms with E-state index in [1.54, 1.807) is 6.07 Å². The van der Waals surface area contributed by atoms with Crippen molar-refractivity contribution in [2.24, 2.45) is 0 Å². The molecule has 0 unspecified atom stereocenters. The third-order valence-corrected chi connectivity index (χ3v) is 2.45. The molecule has 7 heteroatoms. The predicted molar refractivity (Wildman–Crippen MR) is 60.3 cm³/mol. The summed E-state index contributed by atoms with van der Waals surface area (Å²) in [5.74, 6) is -0.527. The van der Waals surface area contributed by atoms with Gasteiger partial charge in [-0.3, -0.25) is 14.9 Å². The number of hydrogen-bond acceptors (Lipinski definition) is 5. The van der Waals surface area contributed by atoms with Gasteiger partial charge in [0.1, 0.15) is 11.6 Å². The SMILES string of the molecule is N#Cc1ccc([N+](=O)[O-])c(C(=O)CBr)c1N. The number of nitro groups is 1. The number of rotatable bonds is 3. The van der Waals surface area contributed by atoms with Gasteiger partial charge in [-0.05, 0) is 6.07 Å². The van der Waals surface area contributed by atoms with Crippen LogP contribution in [0.1, 0.15) is 15.9 Å². The van der Waals surface area contributed by atoms with Crippen molar-refractivity contribution in [3.05, 3.63) is 33.4 Å². The van der Waals surface area contributed by atoms with Gasteiger partial charge in [-0.1, -0.05) is 15.9 Å². The zero-order valence-corrected chi connectivity index (χ0v) is 9.52. The summed E-state index contributed by atoms with van der Waals surface area (Å²) in [5, 5.41) is 19.3. The number of nitrogen functional groups attached to an aromatic ring is 1. The Morgan fingerprint density at radius 2 is 2.25 bits per heavy atom. The minimum absolute atomic E-state index is 0.0508. The third kappa shape index (κ3) is 2.01. The molecule has 16 heavy (non-hydrogen) atoms. The Kier molecular flexibility index (Phi) is 3.58. The second kappa shape index (κ2) is 4.72. The molecule has 1 aromatic carbocycles. The second-order valence-corrected chi connectivity index (χ2v) is 3.41. The first-order valence-corrected chi connectivity index (χ1v) is 5.21. The number of Topliss-reactive ketones (excluding diaryl/α,β-unsaturated/α-hetero) is 1. The van der Waals surface area contributed by atoms with E-state index in [1.165, 1.54) is 6.07 Å². The summed E-state index contributed by atoms with van der Waals surface area (Å²) >= 11 is 2.90. The molecule has 0 fully saturated rings. The molecular weight excluding hydrogens is 278 g/mol. The zero-order chi connectivity index (χ0) is 12.3. The molecule has 0 saturated heterocycles. The average molecular weight is 284 g/mol. The normalized spacial score (nSPS) is 9.50. The summed E-state index contributed by atoms with van der Waals surface area (Å²) < 4.78 is 0. The molecule has 1 rings (SSSR count). The number of anilines is 1. The maximum absolute atomic E-state index is 11.5. The van der Waals surface area contributed by atoms with Gasteiger partial charge in [-0.2, -0.15) is 5.26 Å². The largest absolute Gasteiger partial charge is 0.397 e. The van der Waals surface area contributed by atoms with Crippen LogP contribution in [0.15, 0.2) is 12.1 Å². The molecule has 0 aliphatic heterocycles. The molecule has 1 aromatic rings. The van der Waals surface area contributed by atoms with Gasteiger partial charge < -0.3 is 5.73 Å². The Bertz CT molecular complexity index is 507. The van der Waals surface area contributed by atoms with Gasteiger partial charge in [0, 0.05) is 6.07 Å². The predicted octanol–water partition coefficient (Wildman–Crippen LogP) is 1.63. The van der Waals surface area contributed by atoms with Crippen LogP contribution in [-0.4, -0.2) is 16.0 Å². The van der Waals surface area contributed by atoms with Crippen LogP contribution in [0.3, 0.4) is 0 Å². The Hall–Kier alpha value is -1.94. The van der Waals surface area contributed by atoms with Crippen LogP contribution >= 0.6 is 15.9 Å². The van der Waals surface area contributed by atoms with Crippen molar-refractivity contribution in [2.45, 2.75) is 0 Å². The standard InChI is InChI=1S/C9H6BrN3O3/c10-3-7(14)8-6(13(15)16)2-1-5(4-11)9(8)12/h1-2H,3,12H2. The van der Waals surface area contributed by atoms with Crippen LogP contribution in [0, 0.1) is 21.4 Å². The van der Waals surface area contributed by atoms with Gasteiger partial charge in [0.2, 0.25) is 0 Å². The molecule has 0 radical (unpaired) electrons. The number of alkyl halides is 1. The van der Waals surface area contributed by atoms with Crippen LogP contribution < -0.4 is 5.73 Å². The number of carbonyl (C=O) groups is 1. The van der Waals surface area contributed by atoms with Crippen molar-refractivity contribution in [1.29, 1.82) is 5.26 Å². The number of carbonyl (C=O) groups excluding carboxylic acids is 1. The van der Waals surface area contributed by atoms with Crippen LogP contribution in [0.25, 0.3) is 0 Å². The Labute approximate surface area is 98.9 Å². The second-order valence-electron chi connectivity index (χ2n) is 2.85. The van der Waals surface area contributed by atoms with Gasteiger partial charge in [-0.25, -0.2) is 0 Å². The highest BCUT2D eigenvalue weighted by Crippen LogP contribution is 2.28. The van der Waals surface area contributed by atoms with E-state index in [0.29, 0.717) is 0 Å². The monoisotopic (exact) mass is 283 g/mol. The Morgan fingerprint density at radius 1 is 1.62 bits per heavy atom. The highest BCUT2D eigenvalue weighted by atomic mass is 79.9. The minimum atomic E-state index is -0.701. The average Bonchev–Trinajstić information content (AvgIpc) is 2.27. The van der Waals surface area contributed by atoms with E-state index in [0.717, 1.165) is 6.07 Å². The number of benzene rings is 1. The first-order valence-electron chi connectivity index (χ1n) is 4.09. The van der Waals surface area contributed by atoms with Crippen molar-refractivity contribution in [3.63, 3.8) is 0 Å². The number of halogens is 1. The van der Waals surface area contributed by atoms with E-state index >= 15 is 0 Å². The van der Waals surface area contributed by atoms with E-state index in [2.05, 4.69) is 15.9 Å². The van der Waals surface area contributed by atoms with Gasteiger partial charge in [0.15, 0.2) is 5.78 Å². The molecule has 0 spiro atoms. The van der Waals surface area contributed by atoms with E-state index in [9.17, 15) is 14.9 Å². The van der Waals surface area contributed by atoms with E-state index < -0.39 is 10.7 Å². The van der Waals surface area contributed by atoms with Crippen LogP contribution in [0.4, 0.5) is 11.4 Å². The fourth-order valence-electron chi connectivity index (χ4n) is 1.22. The lowest BCUT2D eigenvalue weighted by Crippen LogP contribution is -2.10. The molecule has 0 aromatic heterocycles. The molecule has 0 atom stereocenters. The first-order chi connectivity index (χ1) is 7.52. The van der Waals surface area contributed by atoms with Crippen LogP contribution in [0.5, 0.6) is 0 Å². The molecule has 0 aliphatic rings. The molecule has 0 amide bonds. The quantitative estimate of drug-likeness (QED) is 0.298. The van der Waals surface area contributed by atoms with Gasteiger partial charge in [0.25, 0.3) is 5.69 Å². The maximum atomic E-state index is 11.5. The number of nitrogens with zero attached hydrogens (tertiary/aromatic N) is 2. The summed E-state index contributed by atoms with van der Waals surface area (Å²) in [7, 11) is 0. The lowest BCUT2D eigenvalue weighted by Gasteiger charge is -2.05. The first kappa shape index (κ1) is 12.1. The maximum Gasteiger partial charge on any atom is 0.282 e. The number of nitro benzene ring substituents is 1. The van der Waals surface area contributed by atoms with Gasteiger partial charge >= 0.3 is 0 Å². The van der Waals surface area contributed by atoms with Crippen molar-refractivity contribution >= 4 is 33.1 Å². The van der Waals surface area contributed by atoms with E-state index in [-0.39, 0.29) is 27.8 Å². The fraction of sp³-hybridized carbons (Fsp3) is 0.111. The van der Waals surface area contributed by atoms with Crippen LogP contribution in [-0.2, 0) is 0 Å². The van der Waals surface area contributed by atoms with Crippen molar-refractivity contribution < 1.29 is 9.72 Å². The molecule has 0 saturated carbocycles. The van der Waals surface area contributed by atoms with Crippen LogP contribution in [0.2, 0.25) is 0 Å². The Balaban J connectivity index is 3.56. The number of hydrogen-bond donors (Lipinski definition) is 1. The topological polar surface area (TPSA) is 110 Å². The van der Waals surface area contributed by atoms with Crippen molar-refractivity contribution in [1.82, 2.24) is 0 Å². The number of nitriles is 1. The van der Waals surface area contributed by atoms with Gasteiger partial charge in [0.05, 0.1) is 21.5 Å². The summed E-state index contributed by atoms with van der Waals surface area (Å²) in [4.78, 5) is 21.5. The molecule has 0 heterocycles. The fourth-order valence-corrected chi connectivity index (χ4v) is 1.50. The van der Waals surface area contributed by atoms with E-state index in [4.69, 9.17) is 11.0 Å². The minimum Gasteiger partial charge on any atom is -0.397 e. The molecule has 0 bridgehead atoms. The smallest absolute Gasteiger partial charge is 0.282 e. The molecule has 0 aliphatic carbocycles. The molecule has 82 valence electrons. The van der Waals surface area contributed by atoms with E-state index in [1.807, 2.05) is 0 Å². The summed E-state index contributed by atoms with van der Waals surface area (Å²) in [5.41, 5.74) is 4.83. The lowest BCUT2D eigenvalue weighted by atomic mass is 10.0. The lowest BCUT2D eigenvalue weighted by molar-refractivity contribution is -0.385. The number of nitrogens with two attached hydrogens (primary N) is 1. The summed E-state index contributed by atoms with van der Waals surface area (Å²) in [6.45, 7) is 0. The number of ketones is 1.